The van der Waals surface area contributed by atoms with Crippen molar-refractivity contribution in [2.45, 2.75) is 18.5 Å². The van der Waals surface area contributed by atoms with Crippen LogP contribution >= 0.6 is 11.3 Å². The number of alkyl halides is 3. The van der Waals surface area contributed by atoms with Gasteiger partial charge in [-0.25, -0.2) is 19.7 Å². The second-order valence-corrected chi connectivity index (χ2v) is 8.28. The Morgan fingerprint density at radius 1 is 1.17 bits per heavy atom. The van der Waals surface area contributed by atoms with E-state index in [0.717, 1.165) is 27.4 Å². The van der Waals surface area contributed by atoms with Gasteiger partial charge in [0, 0.05) is 12.7 Å². The third-order valence-corrected chi connectivity index (χ3v) is 5.86. The van der Waals surface area contributed by atoms with Gasteiger partial charge in [-0.2, -0.15) is 18.4 Å². The number of benzene rings is 2. The zero-order chi connectivity index (χ0) is 26.1. The van der Waals surface area contributed by atoms with Gasteiger partial charge in [0.15, 0.2) is 0 Å². The lowest BCUT2D eigenvalue weighted by molar-refractivity contribution is -0.192. The van der Waals surface area contributed by atoms with Crippen molar-refractivity contribution in [1.29, 1.82) is 5.26 Å². The van der Waals surface area contributed by atoms with Crippen LogP contribution in [-0.2, 0) is 11.2 Å². The van der Waals surface area contributed by atoms with E-state index in [4.69, 9.17) is 14.6 Å². The molecule has 12 heteroatoms. The molecule has 1 unspecified atom stereocenters. The van der Waals surface area contributed by atoms with Crippen molar-refractivity contribution in [3.05, 3.63) is 77.1 Å². The summed E-state index contributed by atoms with van der Waals surface area (Å²) in [4.78, 5) is 22.3. The van der Waals surface area contributed by atoms with Gasteiger partial charge in [-0.15, -0.1) is 11.3 Å². The number of carbonyl (C=O) groups is 1. The lowest BCUT2D eigenvalue weighted by atomic mass is 10.1. The molecule has 0 radical (unpaired) electrons. The van der Waals surface area contributed by atoms with Crippen molar-refractivity contribution in [2.75, 3.05) is 19.0 Å². The topological polar surface area (TPSA) is 121 Å². The van der Waals surface area contributed by atoms with Crippen LogP contribution in [0.25, 0.3) is 10.2 Å². The fourth-order valence-corrected chi connectivity index (χ4v) is 4.02. The lowest BCUT2D eigenvalue weighted by Crippen LogP contribution is -2.21. The molecule has 0 aliphatic rings. The number of carboxylic acid groups (broad SMARTS) is 1. The van der Waals surface area contributed by atoms with E-state index in [2.05, 4.69) is 26.3 Å². The standard InChI is InChI=1S/C22H19N5OS.C2HF3O2/c1-28-16-8-6-15(7-9-16)10-12-24-22-25-13-11-18(27-22)17(14-23)21-26-19-4-2-3-5-20(19)29-21;3-2(4,5)1(6)7/h2-9,11,13,17H,10,12H2,1H3,(H,24,25,27);(H,6,7). The molecule has 2 aromatic heterocycles. The van der Waals surface area contributed by atoms with E-state index in [1.54, 1.807) is 19.4 Å². The minimum atomic E-state index is -5.08. The molecule has 0 aliphatic carbocycles. The van der Waals surface area contributed by atoms with E-state index in [1.807, 2.05) is 48.5 Å². The van der Waals surface area contributed by atoms with E-state index in [-0.39, 0.29) is 0 Å². The largest absolute Gasteiger partial charge is 0.497 e. The van der Waals surface area contributed by atoms with E-state index >= 15 is 0 Å². The SMILES string of the molecule is COc1ccc(CCNc2nccc(C(C#N)c3nc4ccccc4s3)n2)cc1.O=C(O)C(F)(F)F. The van der Waals surface area contributed by atoms with Crippen molar-refractivity contribution in [2.24, 2.45) is 0 Å². The van der Waals surface area contributed by atoms with Crippen molar-refractivity contribution < 1.29 is 27.8 Å². The van der Waals surface area contributed by atoms with Gasteiger partial charge in [0.1, 0.15) is 16.7 Å². The molecular weight excluding hydrogens is 495 g/mol. The minimum absolute atomic E-state index is 0.511. The molecule has 0 fully saturated rings. The van der Waals surface area contributed by atoms with Crippen molar-refractivity contribution in [3.8, 4) is 11.8 Å². The number of halogens is 3. The average Bonchev–Trinajstić information content (AvgIpc) is 3.29. The summed E-state index contributed by atoms with van der Waals surface area (Å²) in [5, 5.41) is 20.9. The fraction of sp³-hybridized carbons (Fsp3) is 0.208. The number of hydrogen-bond acceptors (Lipinski definition) is 8. The van der Waals surface area contributed by atoms with Crippen LogP contribution in [0.5, 0.6) is 5.75 Å². The highest BCUT2D eigenvalue weighted by atomic mass is 32.1. The first-order chi connectivity index (χ1) is 17.2. The first-order valence-corrected chi connectivity index (χ1v) is 11.3. The van der Waals surface area contributed by atoms with E-state index in [1.165, 1.54) is 16.9 Å². The maximum atomic E-state index is 10.6. The number of anilines is 1. The van der Waals surface area contributed by atoms with Gasteiger partial charge in [-0.3, -0.25) is 0 Å². The van der Waals surface area contributed by atoms with E-state index < -0.39 is 18.1 Å². The number of nitrogens with zero attached hydrogens (tertiary/aromatic N) is 4. The number of thiazole rings is 1. The number of carboxylic acids is 1. The number of ether oxygens (including phenoxy) is 1. The molecule has 0 saturated heterocycles. The predicted octanol–water partition coefficient (Wildman–Crippen LogP) is 5.04. The molecule has 0 spiro atoms. The zero-order valence-corrected chi connectivity index (χ0v) is 19.7. The van der Waals surface area contributed by atoms with Gasteiger partial charge in [0.2, 0.25) is 5.95 Å². The molecule has 1 atom stereocenters. The number of hydrogen-bond donors (Lipinski definition) is 2. The van der Waals surface area contributed by atoms with Gasteiger partial charge >= 0.3 is 12.1 Å². The summed E-state index contributed by atoms with van der Waals surface area (Å²) in [5.41, 5.74) is 2.74. The molecule has 0 saturated carbocycles. The van der Waals surface area contributed by atoms with Crippen LogP contribution < -0.4 is 10.1 Å². The highest BCUT2D eigenvalue weighted by molar-refractivity contribution is 7.18. The van der Waals surface area contributed by atoms with Gasteiger partial charge < -0.3 is 15.2 Å². The smallest absolute Gasteiger partial charge is 0.490 e. The van der Waals surface area contributed by atoms with Gasteiger partial charge in [0.25, 0.3) is 0 Å². The summed E-state index contributed by atoms with van der Waals surface area (Å²) in [6.07, 6.45) is -2.58. The molecule has 186 valence electrons. The maximum absolute atomic E-state index is 10.6. The number of methoxy groups -OCH3 is 1. The van der Waals surface area contributed by atoms with Crippen LogP contribution in [0, 0.1) is 11.3 Å². The molecule has 0 amide bonds. The van der Waals surface area contributed by atoms with Crippen LogP contribution in [0.2, 0.25) is 0 Å². The van der Waals surface area contributed by atoms with Gasteiger partial charge in [-0.1, -0.05) is 24.3 Å². The Balaban J connectivity index is 0.000000454. The molecular formula is C24H20F3N5O3S. The van der Waals surface area contributed by atoms with Crippen molar-refractivity contribution in [1.82, 2.24) is 15.0 Å². The van der Waals surface area contributed by atoms with E-state index in [9.17, 15) is 18.4 Å². The number of rotatable bonds is 7. The Kier molecular flexibility index (Phi) is 8.75. The molecule has 4 rings (SSSR count). The lowest BCUT2D eigenvalue weighted by Gasteiger charge is -2.09. The molecule has 0 bridgehead atoms. The highest BCUT2D eigenvalue weighted by Gasteiger charge is 2.38. The van der Waals surface area contributed by atoms with Crippen molar-refractivity contribution in [3.63, 3.8) is 0 Å². The van der Waals surface area contributed by atoms with Crippen LogP contribution in [0.1, 0.15) is 22.2 Å². The Morgan fingerprint density at radius 3 is 2.47 bits per heavy atom. The predicted molar refractivity (Wildman–Crippen MR) is 128 cm³/mol. The van der Waals surface area contributed by atoms with Crippen LogP contribution in [0.15, 0.2) is 60.8 Å². The summed E-state index contributed by atoms with van der Waals surface area (Å²) >= 11 is 1.52. The first-order valence-electron chi connectivity index (χ1n) is 10.5. The number of para-hydroxylation sites is 1. The number of nitrogens with one attached hydrogen (secondary N) is 1. The fourth-order valence-electron chi connectivity index (χ4n) is 2.99. The van der Waals surface area contributed by atoms with Crippen molar-refractivity contribution >= 4 is 33.5 Å². The van der Waals surface area contributed by atoms with E-state index in [0.29, 0.717) is 18.2 Å². The third-order valence-electron chi connectivity index (χ3n) is 4.76. The second-order valence-electron chi connectivity index (χ2n) is 7.21. The summed E-state index contributed by atoms with van der Waals surface area (Å²) in [6, 6.07) is 20.0. The molecule has 2 N–H and O–H groups in total. The number of aliphatic carboxylic acids is 1. The Morgan fingerprint density at radius 2 is 1.86 bits per heavy atom. The molecule has 8 nitrogen and oxygen atoms in total. The zero-order valence-electron chi connectivity index (χ0n) is 18.9. The second kappa shape index (κ2) is 11.9. The monoisotopic (exact) mass is 515 g/mol. The molecule has 0 aliphatic heterocycles. The molecule has 36 heavy (non-hydrogen) atoms. The molecule has 2 heterocycles. The Bertz CT molecular complexity index is 1320. The van der Waals surface area contributed by atoms with Crippen LogP contribution in [0.4, 0.5) is 19.1 Å². The number of nitriles is 1. The quantitative estimate of drug-likeness (QED) is 0.351. The maximum Gasteiger partial charge on any atom is 0.490 e. The van der Waals surface area contributed by atoms with Crippen LogP contribution in [0.3, 0.4) is 0 Å². The van der Waals surface area contributed by atoms with Gasteiger partial charge in [0.05, 0.1) is 29.1 Å². The average molecular weight is 516 g/mol. The Labute approximate surface area is 208 Å². The Hall–Kier alpha value is -4.24. The first kappa shape index (κ1) is 26.4. The number of fused-ring (bicyclic) bond motifs is 1. The normalized spacial score (nSPS) is 11.6. The highest BCUT2D eigenvalue weighted by Crippen LogP contribution is 2.30. The minimum Gasteiger partial charge on any atom is -0.497 e. The molecule has 4 aromatic rings. The summed E-state index contributed by atoms with van der Waals surface area (Å²) in [5.74, 6) is -1.92. The summed E-state index contributed by atoms with van der Waals surface area (Å²) < 4.78 is 38.0. The summed E-state index contributed by atoms with van der Waals surface area (Å²) in [7, 11) is 1.66. The molecule has 2 aromatic carbocycles. The van der Waals surface area contributed by atoms with Crippen LogP contribution in [-0.4, -0.2) is 45.9 Å². The summed E-state index contributed by atoms with van der Waals surface area (Å²) in [6.45, 7) is 0.689. The van der Waals surface area contributed by atoms with Gasteiger partial charge in [-0.05, 0) is 42.3 Å². The number of aromatic nitrogens is 3. The third kappa shape index (κ3) is 7.13.